The van der Waals surface area contributed by atoms with E-state index in [9.17, 15) is 46.2 Å². The Morgan fingerprint density at radius 3 is 2.32 bits per heavy atom. The molecule has 1 heterocycles. The number of ether oxygens (including phenoxy) is 1. The van der Waals surface area contributed by atoms with Gasteiger partial charge in [0.2, 0.25) is 5.91 Å². The van der Waals surface area contributed by atoms with E-state index in [0.717, 1.165) is 18.1 Å². The summed E-state index contributed by atoms with van der Waals surface area (Å²) < 4.78 is 72.4. The van der Waals surface area contributed by atoms with E-state index in [1.54, 1.807) is 0 Å². The monoisotopic (exact) mass is 659 g/mol. The third kappa shape index (κ3) is 5.73. The number of methoxy groups -OCH3 is 1. The highest BCUT2D eigenvalue weighted by Crippen LogP contribution is 2.55. The maximum absolute atomic E-state index is 13.7. The molecule has 0 aromatic heterocycles. The molecule has 2 unspecified atom stereocenters. The van der Waals surface area contributed by atoms with E-state index in [0.29, 0.717) is 18.6 Å². The van der Waals surface area contributed by atoms with Crippen LogP contribution in [0.4, 0.5) is 23.7 Å². The van der Waals surface area contributed by atoms with Crippen molar-refractivity contribution >= 4 is 45.0 Å². The molecule has 44 heavy (non-hydrogen) atoms. The van der Waals surface area contributed by atoms with Crippen LogP contribution in [0.25, 0.3) is 0 Å². The lowest BCUT2D eigenvalue weighted by Gasteiger charge is -2.58. The number of carbonyl (C=O) groups excluding carboxylic acids is 3. The van der Waals surface area contributed by atoms with Gasteiger partial charge in [-0.1, -0.05) is 11.6 Å². The third-order valence-electron chi connectivity index (χ3n) is 8.79. The van der Waals surface area contributed by atoms with Crippen molar-refractivity contribution in [2.24, 2.45) is 11.8 Å². The molecule has 6 rings (SSSR count). The SMILES string of the molecule is COC(=O)N1C[C@H](O)C[C@H]1C(=O)NC[C@]1(O)C2CC1C[C@@H](S(=O)(=O)c1cc(C(=O)Nc3cc(F)c(F)c(F)c3)ccc1Cl)C2. The van der Waals surface area contributed by atoms with Crippen molar-refractivity contribution in [2.75, 3.05) is 25.5 Å². The number of aliphatic hydroxyl groups is 2. The Morgan fingerprint density at radius 1 is 1.07 bits per heavy atom. The first kappa shape index (κ1) is 32.0. The summed E-state index contributed by atoms with van der Waals surface area (Å²) in [6.07, 6.45) is -1.07. The Labute approximate surface area is 255 Å². The van der Waals surface area contributed by atoms with Crippen molar-refractivity contribution in [1.82, 2.24) is 10.2 Å². The number of likely N-dealkylation sites (tertiary alicyclic amines) is 1. The van der Waals surface area contributed by atoms with Gasteiger partial charge in [-0.25, -0.2) is 26.4 Å². The van der Waals surface area contributed by atoms with Crippen LogP contribution in [-0.4, -0.2) is 84.6 Å². The highest BCUT2D eigenvalue weighted by molar-refractivity contribution is 7.92. The number of sulfone groups is 1. The highest BCUT2D eigenvalue weighted by Gasteiger charge is 2.60. The molecular formula is C28H29ClF3N3O8S. The predicted octanol–water partition coefficient (Wildman–Crippen LogP) is 2.63. The first-order chi connectivity index (χ1) is 20.6. The van der Waals surface area contributed by atoms with Gasteiger partial charge in [-0.05, 0) is 49.3 Å². The molecule has 0 radical (unpaired) electrons. The molecule has 2 aromatic rings. The maximum Gasteiger partial charge on any atom is 0.410 e. The second kappa shape index (κ2) is 11.8. The normalized spacial score (nSPS) is 27.8. The van der Waals surface area contributed by atoms with Gasteiger partial charge < -0.3 is 25.6 Å². The largest absolute Gasteiger partial charge is 0.453 e. The number of fused-ring (bicyclic) bond motifs is 2. The smallest absolute Gasteiger partial charge is 0.410 e. The van der Waals surface area contributed by atoms with Crippen LogP contribution in [0.15, 0.2) is 35.2 Å². The molecule has 238 valence electrons. The zero-order valence-corrected chi connectivity index (χ0v) is 24.8. The van der Waals surface area contributed by atoms with Gasteiger partial charge in [0.05, 0.1) is 40.5 Å². The molecule has 11 nitrogen and oxygen atoms in total. The van der Waals surface area contributed by atoms with E-state index in [1.807, 2.05) is 0 Å². The van der Waals surface area contributed by atoms with Crippen LogP contribution in [0.3, 0.4) is 0 Å². The summed E-state index contributed by atoms with van der Waals surface area (Å²) in [6.45, 7) is -0.259. The lowest BCUT2D eigenvalue weighted by molar-refractivity contribution is -0.174. The number of aliphatic hydroxyl groups excluding tert-OH is 1. The van der Waals surface area contributed by atoms with Gasteiger partial charge in [0.15, 0.2) is 27.3 Å². The number of hydrogen-bond acceptors (Lipinski definition) is 8. The molecule has 3 amide bonds. The fourth-order valence-corrected chi connectivity index (χ4v) is 8.80. The summed E-state index contributed by atoms with van der Waals surface area (Å²) in [7, 11) is -2.98. The zero-order valence-electron chi connectivity index (χ0n) is 23.2. The lowest BCUT2D eigenvalue weighted by atomic mass is 9.53. The lowest BCUT2D eigenvalue weighted by Crippen LogP contribution is -2.66. The third-order valence-corrected chi connectivity index (χ3v) is 11.4. The number of nitrogens with one attached hydrogen (secondary N) is 2. The van der Waals surface area contributed by atoms with Gasteiger partial charge >= 0.3 is 6.09 Å². The number of rotatable bonds is 7. The average molecular weight is 660 g/mol. The average Bonchev–Trinajstić information content (AvgIpc) is 3.39. The van der Waals surface area contributed by atoms with Crippen molar-refractivity contribution in [1.29, 1.82) is 0 Å². The van der Waals surface area contributed by atoms with Crippen LogP contribution < -0.4 is 10.6 Å². The summed E-state index contributed by atoms with van der Waals surface area (Å²) in [5.41, 5.74) is -1.96. The maximum atomic E-state index is 13.7. The summed E-state index contributed by atoms with van der Waals surface area (Å²) in [5.74, 6) is -7.21. The number of carbonyl (C=O) groups is 3. The van der Waals surface area contributed by atoms with Crippen molar-refractivity contribution in [3.05, 3.63) is 58.4 Å². The molecule has 3 saturated carbocycles. The molecule has 1 aliphatic heterocycles. The van der Waals surface area contributed by atoms with E-state index >= 15 is 0 Å². The van der Waals surface area contributed by atoms with Gasteiger partial charge in [-0.2, -0.15) is 0 Å². The minimum absolute atomic E-state index is 0.00204. The van der Waals surface area contributed by atoms with Crippen LogP contribution in [0, 0.1) is 29.3 Å². The molecule has 2 bridgehead atoms. The number of hydrogen-bond donors (Lipinski definition) is 4. The van der Waals surface area contributed by atoms with E-state index in [-0.39, 0.29) is 53.5 Å². The van der Waals surface area contributed by atoms with E-state index in [2.05, 4.69) is 15.4 Å². The van der Waals surface area contributed by atoms with Crippen LogP contribution >= 0.6 is 11.6 Å². The summed E-state index contributed by atoms with van der Waals surface area (Å²) in [6, 6.07) is 3.63. The molecule has 0 spiro atoms. The number of halogens is 4. The van der Waals surface area contributed by atoms with E-state index < -0.39 is 80.0 Å². The summed E-state index contributed by atoms with van der Waals surface area (Å²) in [5, 5.41) is 25.0. The number of nitrogens with zero attached hydrogens (tertiary/aromatic N) is 1. The number of benzene rings is 2. The van der Waals surface area contributed by atoms with Crippen LogP contribution in [0.2, 0.25) is 5.02 Å². The number of anilines is 1. The Kier molecular flexibility index (Phi) is 8.61. The van der Waals surface area contributed by atoms with Gasteiger partial charge in [0.25, 0.3) is 5.91 Å². The van der Waals surface area contributed by atoms with Crippen molar-refractivity contribution < 1.29 is 50.9 Å². The minimum atomic E-state index is -4.13. The van der Waals surface area contributed by atoms with Crippen molar-refractivity contribution in [2.45, 2.75) is 53.6 Å². The quantitative estimate of drug-likeness (QED) is 0.330. The second-order valence-corrected chi connectivity index (χ2v) is 14.0. The molecule has 4 aliphatic rings. The first-order valence-corrected chi connectivity index (χ1v) is 15.6. The summed E-state index contributed by atoms with van der Waals surface area (Å²) in [4.78, 5) is 38.3. The zero-order chi connectivity index (χ0) is 32.1. The van der Waals surface area contributed by atoms with Gasteiger partial charge in [0, 0.05) is 36.3 Å². The number of amides is 3. The van der Waals surface area contributed by atoms with E-state index in [1.165, 1.54) is 12.1 Å². The molecule has 4 fully saturated rings. The topological polar surface area (TPSA) is 162 Å². The van der Waals surface area contributed by atoms with E-state index in [4.69, 9.17) is 11.6 Å². The second-order valence-electron chi connectivity index (χ2n) is 11.4. The highest BCUT2D eigenvalue weighted by atomic mass is 35.5. The molecule has 16 heteroatoms. The van der Waals surface area contributed by atoms with Crippen LogP contribution in [-0.2, 0) is 19.4 Å². The summed E-state index contributed by atoms with van der Waals surface area (Å²) >= 11 is 6.23. The fourth-order valence-electron chi connectivity index (χ4n) is 6.40. The van der Waals surface area contributed by atoms with Crippen molar-refractivity contribution in [3.63, 3.8) is 0 Å². The molecule has 4 atom stereocenters. The molecular weight excluding hydrogens is 631 g/mol. The van der Waals surface area contributed by atoms with Gasteiger partial charge in [-0.3, -0.25) is 14.5 Å². The Hall–Kier alpha value is -3.40. The van der Waals surface area contributed by atoms with Gasteiger partial charge in [0.1, 0.15) is 6.04 Å². The van der Waals surface area contributed by atoms with Gasteiger partial charge in [-0.15, -0.1) is 0 Å². The molecule has 2 aromatic carbocycles. The molecule has 3 aliphatic carbocycles. The Morgan fingerprint density at radius 2 is 1.70 bits per heavy atom. The van der Waals surface area contributed by atoms with Crippen LogP contribution in [0.1, 0.15) is 36.0 Å². The number of β-amino-alcohol motifs (C(OH)–C–C–N with tert-alkyl or cyclic N) is 1. The fraction of sp³-hybridized carbons (Fsp3) is 0.464. The first-order valence-electron chi connectivity index (χ1n) is 13.7. The Balaban J connectivity index is 1.26. The minimum Gasteiger partial charge on any atom is -0.453 e. The van der Waals surface area contributed by atoms with Crippen molar-refractivity contribution in [3.8, 4) is 0 Å². The molecule has 4 N–H and O–H groups in total. The Bertz CT molecular complexity index is 1590. The predicted molar refractivity (Wildman–Crippen MR) is 149 cm³/mol. The standard InChI is InChI=1S/C28H29ClF3N3O8S/c1-43-27(39)35-11-17(36)10-22(35)26(38)33-12-28(40)14-5-15(28)7-18(6-14)44(41,42)23-4-13(2-3-19(23)29)25(37)34-16-8-20(30)24(32)21(31)9-16/h2-4,8-9,14-15,17-18,22,36,40H,5-7,10-12H2,1H3,(H,33,38)(H,34,37)/t14?,15?,17-,18-,22+,28-/m1/s1. The van der Waals surface area contributed by atoms with Crippen LogP contribution in [0.5, 0.6) is 0 Å². The molecule has 1 saturated heterocycles.